The lowest BCUT2D eigenvalue weighted by Crippen LogP contribution is -2.35. The van der Waals surface area contributed by atoms with Crippen LogP contribution in [0.5, 0.6) is 0 Å². The lowest BCUT2D eigenvalue weighted by atomic mass is 9.75. The topological polar surface area (TPSA) is 41.6 Å². The first-order valence-corrected chi connectivity index (χ1v) is 9.47. The maximum Gasteiger partial charge on any atom is 0.141 e. The second-order valence-corrected chi connectivity index (χ2v) is 7.57. The fourth-order valence-corrected chi connectivity index (χ4v) is 5.05. The first-order chi connectivity index (χ1) is 12.8. The summed E-state index contributed by atoms with van der Waals surface area (Å²) in [6.07, 6.45) is 10.4. The monoisotopic (exact) mass is 339 g/mol. The molecule has 1 aliphatic heterocycles. The Morgan fingerprint density at radius 1 is 1.08 bits per heavy atom. The van der Waals surface area contributed by atoms with Crippen molar-refractivity contribution >= 4 is 0 Å². The third kappa shape index (κ3) is 2.08. The van der Waals surface area contributed by atoms with Crippen LogP contribution >= 0.6 is 0 Å². The largest absolute Gasteiger partial charge is 0.317 e. The van der Waals surface area contributed by atoms with Gasteiger partial charge in [-0.25, -0.2) is 4.98 Å². The molecule has 3 aromatic rings. The molecule has 3 nitrogen and oxygen atoms in total. The number of benzene rings is 2. The molecule has 5 rings (SSSR count). The minimum Gasteiger partial charge on any atom is -0.317 e. The van der Waals surface area contributed by atoms with E-state index in [-0.39, 0.29) is 5.54 Å². The average molecular weight is 339 g/mol. The zero-order valence-corrected chi connectivity index (χ0v) is 14.7. The third-order valence-electron chi connectivity index (χ3n) is 6.22. The summed E-state index contributed by atoms with van der Waals surface area (Å²) in [6.45, 7) is 0. The molecule has 0 bridgehead atoms. The van der Waals surface area contributed by atoms with Gasteiger partial charge in [0.05, 0.1) is 17.2 Å². The molecule has 1 fully saturated rings. The van der Waals surface area contributed by atoms with Crippen molar-refractivity contribution in [3.8, 4) is 17.5 Å². The first kappa shape index (κ1) is 15.4. The molecule has 1 saturated carbocycles. The first-order valence-electron chi connectivity index (χ1n) is 9.47. The molecule has 1 unspecified atom stereocenters. The van der Waals surface area contributed by atoms with Crippen LogP contribution in [-0.2, 0) is 5.54 Å². The Labute approximate surface area is 153 Å². The van der Waals surface area contributed by atoms with E-state index in [0.717, 1.165) is 18.2 Å². The molecule has 0 radical (unpaired) electrons. The van der Waals surface area contributed by atoms with Gasteiger partial charge in [0, 0.05) is 18.0 Å². The number of imidazole rings is 1. The quantitative estimate of drug-likeness (QED) is 0.665. The predicted octanol–water partition coefficient (Wildman–Crippen LogP) is 5.11. The molecule has 26 heavy (non-hydrogen) atoms. The van der Waals surface area contributed by atoms with Crippen molar-refractivity contribution in [2.24, 2.45) is 5.92 Å². The summed E-state index contributed by atoms with van der Waals surface area (Å²) in [5, 5.41) is 9.21. The van der Waals surface area contributed by atoms with Crippen LogP contribution < -0.4 is 0 Å². The van der Waals surface area contributed by atoms with Gasteiger partial charge in [0.15, 0.2) is 0 Å². The van der Waals surface area contributed by atoms with Crippen LogP contribution in [-0.4, -0.2) is 9.55 Å². The van der Waals surface area contributed by atoms with Gasteiger partial charge in [-0.05, 0) is 35.6 Å². The Balaban J connectivity index is 1.76. The molecular formula is C23H21N3. The van der Waals surface area contributed by atoms with Crippen molar-refractivity contribution in [3.63, 3.8) is 0 Å². The van der Waals surface area contributed by atoms with E-state index in [0.29, 0.717) is 5.56 Å². The lowest BCUT2D eigenvalue weighted by molar-refractivity contribution is 0.332. The predicted molar refractivity (Wildman–Crippen MR) is 102 cm³/mol. The molecule has 0 N–H and O–H groups in total. The summed E-state index contributed by atoms with van der Waals surface area (Å²) >= 11 is 0. The Hall–Kier alpha value is -2.86. The lowest BCUT2D eigenvalue weighted by Gasteiger charge is -2.36. The van der Waals surface area contributed by atoms with Gasteiger partial charge in [-0.2, -0.15) is 5.26 Å². The van der Waals surface area contributed by atoms with Crippen LogP contribution in [0.1, 0.15) is 48.8 Å². The van der Waals surface area contributed by atoms with Crippen molar-refractivity contribution in [1.82, 2.24) is 9.55 Å². The fourth-order valence-electron chi connectivity index (χ4n) is 5.05. The highest BCUT2D eigenvalue weighted by Gasteiger charge is 2.46. The minimum atomic E-state index is -0.217. The zero-order chi connectivity index (χ0) is 17.6. The molecular weight excluding hydrogens is 318 g/mol. The molecule has 1 aromatic heterocycles. The number of nitrogens with zero attached hydrogens (tertiary/aromatic N) is 3. The van der Waals surface area contributed by atoms with E-state index in [9.17, 15) is 5.26 Å². The van der Waals surface area contributed by atoms with Crippen molar-refractivity contribution in [3.05, 3.63) is 77.6 Å². The molecule has 1 atom stereocenters. The van der Waals surface area contributed by atoms with Gasteiger partial charge < -0.3 is 4.57 Å². The van der Waals surface area contributed by atoms with Crippen LogP contribution in [0.3, 0.4) is 0 Å². The Morgan fingerprint density at radius 3 is 2.62 bits per heavy atom. The smallest absolute Gasteiger partial charge is 0.141 e. The van der Waals surface area contributed by atoms with Crippen LogP contribution in [0.2, 0.25) is 0 Å². The molecule has 3 heteroatoms. The van der Waals surface area contributed by atoms with E-state index < -0.39 is 0 Å². The molecule has 1 aliphatic carbocycles. The van der Waals surface area contributed by atoms with Crippen LogP contribution in [0.4, 0.5) is 0 Å². The third-order valence-corrected chi connectivity index (χ3v) is 6.22. The van der Waals surface area contributed by atoms with E-state index in [2.05, 4.69) is 58.2 Å². The number of nitriles is 1. The van der Waals surface area contributed by atoms with Gasteiger partial charge in [-0.1, -0.05) is 62.1 Å². The summed E-state index contributed by atoms with van der Waals surface area (Å²) in [5.74, 6) is 1.79. The van der Waals surface area contributed by atoms with Crippen LogP contribution in [0.15, 0.2) is 60.9 Å². The van der Waals surface area contributed by atoms with Crippen molar-refractivity contribution in [2.45, 2.75) is 37.6 Å². The highest BCUT2D eigenvalue weighted by atomic mass is 15.2. The van der Waals surface area contributed by atoms with Gasteiger partial charge in [0.2, 0.25) is 0 Å². The Morgan fingerprint density at radius 2 is 1.85 bits per heavy atom. The maximum atomic E-state index is 9.21. The van der Waals surface area contributed by atoms with Crippen molar-refractivity contribution in [2.75, 3.05) is 0 Å². The molecule has 2 heterocycles. The maximum absolute atomic E-state index is 9.21. The van der Waals surface area contributed by atoms with E-state index in [4.69, 9.17) is 0 Å². The van der Waals surface area contributed by atoms with E-state index in [1.807, 2.05) is 18.3 Å². The van der Waals surface area contributed by atoms with Crippen molar-refractivity contribution < 1.29 is 0 Å². The SMILES string of the molecule is N#Cc1ccc(C2(CC3CCCC3)c3ccccc3-c3nccn32)cc1. The standard InChI is InChI=1S/C23H21N3/c24-16-18-9-11-19(12-10-18)23(15-17-5-1-2-6-17)21-8-4-3-7-20(21)22-25-13-14-26(22)23/h3-4,7-14,17H,1-2,5-6,15H2. The highest BCUT2D eigenvalue weighted by molar-refractivity contribution is 5.71. The van der Waals surface area contributed by atoms with Gasteiger partial charge in [0.1, 0.15) is 5.82 Å². The minimum absolute atomic E-state index is 0.217. The Kier molecular flexibility index (Phi) is 3.46. The normalized spacial score (nSPS) is 21.3. The summed E-state index contributed by atoms with van der Waals surface area (Å²) in [4.78, 5) is 4.68. The van der Waals surface area contributed by atoms with Gasteiger partial charge >= 0.3 is 0 Å². The molecule has 0 saturated heterocycles. The summed E-state index contributed by atoms with van der Waals surface area (Å²) in [5.41, 5.74) is 4.33. The number of hydrogen-bond acceptors (Lipinski definition) is 2. The molecule has 0 amide bonds. The van der Waals surface area contributed by atoms with Crippen molar-refractivity contribution in [1.29, 1.82) is 5.26 Å². The van der Waals surface area contributed by atoms with E-state index in [1.54, 1.807) is 0 Å². The number of aromatic nitrogens is 2. The van der Waals surface area contributed by atoms with E-state index in [1.165, 1.54) is 42.4 Å². The number of fused-ring (bicyclic) bond motifs is 3. The average Bonchev–Trinajstić information content (AvgIpc) is 3.42. The van der Waals surface area contributed by atoms with Gasteiger partial charge in [0.25, 0.3) is 0 Å². The second kappa shape index (κ2) is 5.85. The summed E-state index contributed by atoms with van der Waals surface area (Å²) in [7, 11) is 0. The van der Waals surface area contributed by atoms with Gasteiger partial charge in [-0.15, -0.1) is 0 Å². The number of hydrogen-bond donors (Lipinski definition) is 0. The van der Waals surface area contributed by atoms with Crippen LogP contribution in [0, 0.1) is 17.2 Å². The molecule has 2 aliphatic rings. The summed E-state index contributed by atoms with van der Waals surface area (Å²) in [6, 6.07) is 19.1. The molecule has 0 spiro atoms. The van der Waals surface area contributed by atoms with E-state index >= 15 is 0 Å². The molecule has 2 aromatic carbocycles. The van der Waals surface area contributed by atoms with Gasteiger partial charge in [-0.3, -0.25) is 0 Å². The zero-order valence-electron chi connectivity index (χ0n) is 14.7. The molecule has 128 valence electrons. The Bertz CT molecular complexity index is 987. The summed E-state index contributed by atoms with van der Waals surface area (Å²) < 4.78 is 2.37. The number of rotatable bonds is 3. The van der Waals surface area contributed by atoms with Crippen LogP contribution in [0.25, 0.3) is 11.4 Å². The second-order valence-electron chi connectivity index (χ2n) is 7.57. The fraction of sp³-hybridized carbons (Fsp3) is 0.304. The highest BCUT2D eigenvalue weighted by Crippen LogP contribution is 2.51.